The van der Waals surface area contributed by atoms with E-state index in [0.717, 1.165) is 29.7 Å². The first kappa shape index (κ1) is 15.5. The summed E-state index contributed by atoms with van der Waals surface area (Å²) in [6.45, 7) is -0.246. The predicted molar refractivity (Wildman–Crippen MR) is 86.2 cm³/mol. The van der Waals surface area contributed by atoms with Crippen LogP contribution in [0.4, 0.5) is 0 Å². The zero-order chi connectivity index (χ0) is 16.2. The van der Waals surface area contributed by atoms with Crippen LogP contribution < -0.4 is 5.32 Å². The molecule has 1 amide bonds. The number of nitrogens with one attached hydrogen (secondary N) is 1. The first-order valence-corrected chi connectivity index (χ1v) is 8.09. The number of rotatable bonds is 5. The average molecular weight is 315 g/mol. The molecule has 0 radical (unpaired) electrons. The topological polar surface area (TPSA) is 84.2 Å². The van der Waals surface area contributed by atoms with Gasteiger partial charge in [-0.3, -0.25) is 9.59 Å². The normalized spacial score (nSPS) is 15.7. The van der Waals surface area contributed by atoms with Gasteiger partial charge in [0.2, 0.25) is 5.91 Å². The lowest BCUT2D eigenvalue weighted by atomic mass is 9.88. The molecule has 1 aliphatic rings. The molecule has 1 aromatic carbocycles. The van der Waals surface area contributed by atoms with E-state index < -0.39 is 5.97 Å². The zero-order valence-electron chi connectivity index (χ0n) is 13.0. The van der Waals surface area contributed by atoms with Gasteiger partial charge in [-0.15, -0.1) is 0 Å². The second-order valence-corrected chi connectivity index (χ2v) is 6.05. The van der Waals surface area contributed by atoms with E-state index in [1.54, 1.807) is 0 Å². The molecule has 1 heterocycles. The van der Waals surface area contributed by atoms with Crippen molar-refractivity contribution in [3.05, 3.63) is 30.1 Å². The van der Waals surface area contributed by atoms with E-state index in [2.05, 4.69) is 5.32 Å². The number of nitrogens with zero attached hydrogens (tertiary/aromatic N) is 2. The van der Waals surface area contributed by atoms with Crippen molar-refractivity contribution in [3.8, 4) is 0 Å². The Labute approximate surface area is 134 Å². The number of amides is 1. The number of carbonyl (C=O) groups excluding carboxylic acids is 1. The first-order chi connectivity index (χ1) is 11.1. The van der Waals surface area contributed by atoms with Crippen LogP contribution in [0.15, 0.2) is 24.3 Å². The minimum absolute atomic E-state index is 0.111. The molecule has 6 heteroatoms. The Bertz CT molecular complexity index is 717. The molecule has 23 heavy (non-hydrogen) atoms. The number of carboxylic acid groups (broad SMARTS) is 1. The zero-order valence-corrected chi connectivity index (χ0v) is 13.0. The largest absolute Gasteiger partial charge is 0.480 e. The van der Waals surface area contributed by atoms with Crippen molar-refractivity contribution in [2.45, 2.75) is 44.6 Å². The second-order valence-electron chi connectivity index (χ2n) is 6.05. The molecule has 0 spiro atoms. The number of para-hydroxylation sites is 2. The quantitative estimate of drug-likeness (QED) is 0.886. The number of hydrogen-bond acceptors (Lipinski definition) is 3. The van der Waals surface area contributed by atoms with Crippen LogP contribution in [0.2, 0.25) is 0 Å². The van der Waals surface area contributed by atoms with Crippen LogP contribution in [0, 0.1) is 0 Å². The Morgan fingerprint density at radius 1 is 1.22 bits per heavy atom. The summed E-state index contributed by atoms with van der Waals surface area (Å²) in [7, 11) is 0. The van der Waals surface area contributed by atoms with Gasteiger partial charge in [0, 0.05) is 5.92 Å². The molecule has 1 fully saturated rings. The molecule has 122 valence electrons. The SMILES string of the molecule is O=C(O)CNC(=O)Cn1c(C2CCCCC2)nc2ccccc21. The highest BCUT2D eigenvalue weighted by atomic mass is 16.4. The summed E-state index contributed by atoms with van der Waals surface area (Å²) in [5.41, 5.74) is 1.82. The highest BCUT2D eigenvalue weighted by Crippen LogP contribution is 2.33. The molecule has 0 aliphatic heterocycles. The second kappa shape index (κ2) is 6.81. The van der Waals surface area contributed by atoms with Crippen LogP contribution in [0.5, 0.6) is 0 Å². The fourth-order valence-corrected chi connectivity index (χ4v) is 3.31. The van der Waals surface area contributed by atoms with Gasteiger partial charge in [0.1, 0.15) is 18.9 Å². The van der Waals surface area contributed by atoms with Crippen LogP contribution in [0.25, 0.3) is 11.0 Å². The third-order valence-corrected chi connectivity index (χ3v) is 4.39. The smallest absolute Gasteiger partial charge is 0.322 e. The molecular formula is C17H21N3O3. The van der Waals surface area contributed by atoms with Crippen molar-refractivity contribution >= 4 is 22.9 Å². The minimum Gasteiger partial charge on any atom is -0.480 e. The number of aliphatic carboxylic acids is 1. The van der Waals surface area contributed by atoms with Gasteiger partial charge >= 0.3 is 5.97 Å². The molecule has 1 aliphatic carbocycles. The Morgan fingerprint density at radius 2 is 1.96 bits per heavy atom. The Balaban J connectivity index is 1.89. The fraction of sp³-hybridized carbons (Fsp3) is 0.471. The number of fused-ring (bicyclic) bond motifs is 1. The van der Waals surface area contributed by atoms with Crippen LogP contribution in [-0.4, -0.2) is 33.1 Å². The number of carbonyl (C=O) groups is 2. The van der Waals surface area contributed by atoms with Gasteiger partial charge < -0.3 is 15.0 Å². The third kappa shape index (κ3) is 3.52. The number of aromatic nitrogens is 2. The van der Waals surface area contributed by atoms with Crippen molar-refractivity contribution in [3.63, 3.8) is 0 Å². The molecule has 0 unspecified atom stereocenters. The van der Waals surface area contributed by atoms with E-state index in [9.17, 15) is 9.59 Å². The van der Waals surface area contributed by atoms with Crippen molar-refractivity contribution in [2.75, 3.05) is 6.54 Å². The van der Waals surface area contributed by atoms with Crippen LogP contribution in [0.1, 0.15) is 43.8 Å². The van der Waals surface area contributed by atoms with E-state index in [1.807, 2.05) is 28.8 Å². The molecule has 3 rings (SSSR count). The van der Waals surface area contributed by atoms with Crippen molar-refractivity contribution < 1.29 is 14.7 Å². The van der Waals surface area contributed by atoms with Gasteiger partial charge in [-0.1, -0.05) is 31.4 Å². The molecule has 0 bridgehead atoms. The summed E-state index contributed by atoms with van der Waals surface area (Å²) < 4.78 is 1.95. The lowest BCUT2D eigenvalue weighted by Crippen LogP contribution is -2.32. The highest BCUT2D eigenvalue weighted by Gasteiger charge is 2.23. The minimum atomic E-state index is -1.04. The molecular weight excluding hydrogens is 294 g/mol. The van der Waals surface area contributed by atoms with E-state index in [0.29, 0.717) is 5.92 Å². The lowest BCUT2D eigenvalue weighted by molar-refractivity contribution is -0.138. The fourth-order valence-electron chi connectivity index (χ4n) is 3.31. The number of imidazole rings is 1. The summed E-state index contributed by atoms with van der Waals surface area (Å²) in [4.78, 5) is 27.4. The van der Waals surface area contributed by atoms with Gasteiger partial charge in [0.25, 0.3) is 0 Å². The van der Waals surface area contributed by atoms with Gasteiger partial charge in [-0.2, -0.15) is 0 Å². The van der Waals surface area contributed by atoms with E-state index >= 15 is 0 Å². The summed E-state index contributed by atoms with van der Waals surface area (Å²) in [6.07, 6.45) is 5.84. The van der Waals surface area contributed by atoms with Crippen LogP contribution >= 0.6 is 0 Å². The Morgan fingerprint density at radius 3 is 2.70 bits per heavy atom. The van der Waals surface area contributed by atoms with Crippen LogP contribution in [0.3, 0.4) is 0 Å². The maximum absolute atomic E-state index is 12.1. The number of hydrogen-bond donors (Lipinski definition) is 2. The molecule has 1 aromatic heterocycles. The van der Waals surface area contributed by atoms with Crippen molar-refractivity contribution in [1.82, 2.24) is 14.9 Å². The number of benzene rings is 1. The molecule has 6 nitrogen and oxygen atoms in total. The maximum Gasteiger partial charge on any atom is 0.322 e. The van der Waals surface area contributed by atoms with Crippen LogP contribution in [-0.2, 0) is 16.1 Å². The molecule has 1 saturated carbocycles. The number of carboxylic acids is 1. The molecule has 0 atom stereocenters. The molecule has 2 aromatic rings. The summed E-state index contributed by atoms with van der Waals surface area (Å²) >= 11 is 0. The summed E-state index contributed by atoms with van der Waals surface area (Å²) in [5.74, 6) is -0.00578. The summed E-state index contributed by atoms with van der Waals surface area (Å²) in [6, 6.07) is 7.78. The monoisotopic (exact) mass is 315 g/mol. The van der Waals surface area contributed by atoms with Gasteiger partial charge in [0.05, 0.1) is 11.0 Å². The lowest BCUT2D eigenvalue weighted by Gasteiger charge is -2.22. The van der Waals surface area contributed by atoms with Gasteiger partial charge in [-0.25, -0.2) is 4.98 Å². The van der Waals surface area contributed by atoms with E-state index in [4.69, 9.17) is 10.1 Å². The highest BCUT2D eigenvalue weighted by molar-refractivity contribution is 5.83. The van der Waals surface area contributed by atoms with Gasteiger partial charge in [0.15, 0.2) is 0 Å². The third-order valence-electron chi connectivity index (χ3n) is 4.39. The van der Waals surface area contributed by atoms with E-state index in [-0.39, 0.29) is 19.0 Å². The summed E-state index contributed by atoms with van der Waals surface area (Å²) in [5, 5.41) is 11.1. The Kier molecular flexibility index (Phi) is 4.60. The maximum atomic E-state index is 12.1. The van der Waals surface area contributed by atoms with Crippen molar-refractivity contribution in [1.29, 1.82) is 0 Å². The van der Waals surface area contributed by atoms with Crippen molar-refractivity contribution in [2.24, 2.45) is 0 Å². The molecule has 2 N–H and O–H groups in total. The molecule has 0 saturated heterocycles. The average Bonchev–Trinajstić information content (AvgIpc) is 2.92. The standard InChI is InChI=1S/C17H21N3O3/c21-15(18-10-16(22)23)11-20-14-9-5-4-8-13(14)19-17(20)12-6-2-1-3-7-12/h4-5,8-9,12H,1-3,6-7,10-11H2,(H,18,21)(H,22,23). The Hall–Kier alpha value is -2.37. The van der Waals surface area contributed by atoms with E-state index in [1.165, 1.54) is 19.3 Å². The first-order valence-electron chi connectivity index (χ1n) is 8.09. The van der Waals surface area contributed by atoms with Gasteiger partial charge in [-0.05, 0) is 25.0 Å². The predicted octanol–water partition coefficient (Wildman–Crippen LogP) is 2.28.